The highest BCUT2D eigenvalue weighted by Crippen LogP contribution is 2.36. The number of ether oxygens (including phenoxy) is 2. The number of nitrogens with zero attached hydrogens (tertiary/aromatic N) is 2. The molecule has 0 bridgehead atoms. The van der Waals surface area contributed by atoms with Crippen LogP contribution in [-0.2, 0) is 21.2 Å². The average Bonchev–Trinajstić information content (AvgIpc) is 3.53. The third kappa shape index (κ3) is 3.65. The number of rotatable bonds is 4. The van der Waals surface area contributed by atoms with Crippen molar-refractivity contribution >= 4 is 15.9 Å². The van der Waals surface area contributed by atoms with Crippen molar-refractivity contribution < 1.29 is 22.7 Å². The summed E-state index contributed by atoms with van der Waals surface area (Å²) in [6, 6.07) is 5.72. The maximum Gasteiger partial charge on any atom is 0.229 e. The molecular weight excluding hydrogens is 368 g/mol. The fraction of sp³-hybridized carbons (Fsp3) is 0.632. The lowest BCUT2D eigenvalue weighted by molar-refractivity contribution is -0.136. The molecule has 1 saturated carbocycles. The Balaban J connectivity index is 1.41. The zero-order chi connectivity index (χ0) is 19.0. The number of hydrogen-bond donors (Lipinski definition) is 0. The average molecular weight is 394 g/mol. The molecule has 27 heavy (non-hydrogen) atoms. The van der Waals surface area contributed by atoms with E-state index in [0.717, 1.165) is 24.2 Å². The van der Waals surface area contributed by atoms with E-state index in [0.29, 0.717) is 51.4 Å². The first kappa shape index (κ1) is 18.6. The predicted molar refractivity (Wildman–Crippen MR) is 100 cm³/mol. The van der Waals surface area contributed by atoms with E-state index in [4.69, 9.17) is 9.47 Å². The molecule has 3 aliphatic rings. The number of methoxy groups -OCH3 is 1. The number of carbonyl (C=O) groups is 1. The van der Waals surface area contributed by atoms with Gasteiger partial charge >= 0.3 is 0 Å². The van der Waals surface area contributed by atoms with Crippen LogP contribution in [0, 0.1) is 5.92 Å². The van der Waals surface area contributed by atoms with Gasteiger partial charge in [-0.1, -0.05) is 12.1 Å². The van der Waals surface area contributed by atoms with E-state index < -0.39 is 10.0 Å². The van der Waals surface area contributed by atoms with Crippen LogP contribution in [0.3, 0.4) is 0 Å². The fourth-order valence-corrected chi connectivity index (χ4v) is 5.79. The molecule has 1 saturated heterocycles. The number of hydrogen-bond acceptors (Lipinski definition) is 5. The van der Waals surface area contributed by atoms with Crippen molar-refractivity contribution in [3.05, 3.63) is 23.8 Å². The fourth-order valence-electron chi connectivity index (χ4n) is 3.92. The summed E-state index contributed by atoms with van der Waals surface area (Å²) in [4.78, 5) is 14.8. The number of sulfonamides is 1. The summed E-state index contributed by atoms with van der Waals surface area (Å²) >= 11 is 0. The molecule has 8 heteroatoms. The molecule has 4 rings (SSSR count). The van der Waals surface area contributed by atoms with Crippen LogP contribution < -0.4 is 9.47 Å². The molecule has 148 valence electrons. The van der Waals surface area contributed by atoms with Crippen molar-refractivity contribution in [2.75, 3.05) is 39.9 Å². The van der Waals surface area contributed by atoms with E-state index in [1.165, 1.54) is 0 Å². The molecule has 1 aromatic rings. The minimum absolute atomic E-state index is 0.0501. The molecule has 1 aliphatic carbocycles. The highest BCUT2D eigenvalue weighted by molar-refractivity contribution is 7.90. The second-order valence-electron chi connectivity index (χ2n) is 7.48. The van der Waals surface area contributed by atoms with Gasteiger partial charge in [-0.05, 0) is 37.3 Å². The maximum absolute atomic E-state index is 13.0. The lowest BCUT2D eigenvalue weighted by atomic mass is 9.95. The van der Waals surface area contributed by atoms with Gasteiger partial charge in [0.2, 0.25) is 15.9 Å². The minimum atomic E-state index is -3.18. The Labute approximate surface area is 160 Å². The first-order chi connectivity index (χ1) is 13.0. The van der Waals surface area contributed by atoms with E-state index in [1.807, 2.05) is 23.1 Å². The van der Waals surface area contributed by atoms with Gasteiger partial charge in [0, 0.05) is 26.2 Å². The molecule has 0 spiro atoms. The monoisotopic (exact) mass is 394 g/mol. The van der Waals surface area contributed by atoms with Crippen LogP contribution in [0.5, 0.6) is 11.5 Å². The Hall–Kier alpha value is -1.80. The molecular formula is C19H26N2O5S. The van der Waals surface area contributed by atoms with Crippen molar-refractivity contribution in [3.63, 3.8) is 0 Å². The Bertz CT molecular complexity index is 821. The number of carbonyl (C=O) groups excluding carboxylic acids is 1. The summed E-state index contributed by atoms with van der Waals surface area (Å²) in [7, 11) is -1.57. The predicted octanol–water partition coefficient (Wildman–Crippen LogP) is 1.27. The van der Waals surface area contributed by atoms with E-state index in [-0.39, 0.29) is 17.1 Å². The van der Waals surface area contributed by atoms with Gasteiger partial charge in [-0.15, -0.1) is 0 Å². The van der Waals surface area contributed by atoms with E-state index in [1.54, 1.807) is 11.4 Å². The third-order valence-corrected chi connectivity index (χ3v) is 8.00. The molecule has 1 aromatic carbocycles. The second-order valence-corrected chi connectivity index (χ2v) is 9.70. The van der Waals surface area contributed by atoms with Crippen molar-refractivity contribution in [2.45, 2.75) is 30.9 Å². The SMILES string of the molecule is COc1cccc2c1OCC(C(=O)N1CCCN(S(=O)(=O)C3CC3)CC1)C2. The van der Waals surface area contributed by atoms with Gasteiger partial charge in [-0.2, -0.15) is 4.31 Å². The summed E-state index contributed by atoms with van der Waals surface area (Å²) in [6.45, 7) is 2.27. The van der Waals surface area contributed by atoms with Crippen LogP contribution in [-0.4, -0.2) is 68.7 Å². The minimum Gasteiger partial charge on any atom is -0.493 e. The maximum atomic E-state index is 13.0. The molecule has 2 aliphatic heterocycles. The second kappa shape index (κ2) is 7.31. The summed E-state index contributed by atoms with van der Waals surface area (Å²) in [5, 5.41) is -0.196. The van der Waals surface area contributed by atoms with Crippen molar-refractivity contribution in [3.8, 4) is 11.5 Å². The summed E-state index contributed by atoms with van der Waals surface area (Å²) in [5.41, 5.74) is 0.978. The molecule has 0 aromatic heterocycles. The Kier molecular flexibility index (Phi) is 5.03. The molecule has 0 radical (unpaired) electrons. The first-order valence-corrected chi connectivity index (χ1v) is 11.1. The van der Waals surface area contributed by atoms with Crippen LogP contribution in [0.15, 0.2) is 18.2 Å². The van der Waals surface area contributed by atoms with Gasteiger partial charge in [0.25, 0.3) is 0 Å². The molecule has 7 nitrogen and oxygen atoms in total. The van der Waals surface area contributed by atoms with Crippen LogP contribution in [0.1, 0.15) is 24.8 Å². The van der Waals surface area contributed by atoms with Crippen LogP contribution >= 0.6 is 0 Å². The van der Waals surface area contributed by atoms with E-state index >= 15 is 0 Å². The number of amides is 1. The Morgan fingerprint density at radius 2 is 2.00 bits per heavy atom. The number of benzene rings is 1. The van der Waals surface area contributed by atoms with Gasteiger partial charge in [0.05, 0.1) is 18.3 Å². The van der Waals surface area contributed by atoms with Crippen LogP contribution in [0.25, 0.3) is 0 Å². The topological polar surface area (TPSA) is 76.2 Å². The van der Waals surface area contributed by atoms with Gasteiger partial charge in [0.15, 0.2) is 11.5 Å². The zero-order valence-corrected chi connectivity index (χ0v) is 16.4. The summed E-state index contributed by atoms with van der Waals surface area (Å²) in [5.74, 6) is 1.22. The van der Waals surface area contributed by atoms with Gasteiger partial charge in [0.1, 0.15) is 6.61 Å². The quantitative estimate of drug-likeness (QED) is 0.769. The molecule has 1 amide bonds. The van der Waals surface area contributed by atoms with Gasteiger partial charge in [-0.25, -0.2) is 8.42 Å². The van der Waals surface area contributed by atoms with Gasteiger partial charge in [-0.3, -0.25) is 4.79 Å². The standard InChI is InChI=1S/C19H26N2O5S/c1-25-17-5-2-4-14-12-15(13-26-18(14)17)19(22)20-8-3-9-21(11-10-20)27(23,24)16-6-7-16/h2,4-5,15-16H,3,6-13H2,1H3. The Morgan fingerprint density at radius 3 is 2.74 bits per heavy atom. The molecule has 2 heterocycles. The van der Waals surface area contributed by atoms with Crippen molar-refractivity contribution in [1.29, 1.82) is 0 Å². The lowest BCUT2D eigenvalue weighted by Gasteiger charge is -2.30. The molecule has 1 atom stereocenters. The van der Waals surface area contributed by atoms with Gasteiger partial charge < -0.3 is 14.4 Å². The molecule has 2 fully saturated rings. The lowest BCUT2D eigenvalue weighted by Crippen LogP contribution is -2.43. The normalized spacial score (nSPS) is 23.9. The van der Waals surface area contributed by atoms with Crippen LogP contribution in [0.4, 0.5) is 0 Å². The first-order valence-electron chi connectivity index (χ1n) is 9.57. The third-order valence-electron chi connectivity index (χ3n) is 5.60. The summed E-state index contributed by atoms with van der Waals surface area (Å²) in [6.07, 6.45) is 2.83. The zero-order valence-electron chi connectivity index (χ0n) is 15.6. The Morgan fingerprint density at radius 1 is 1.19 bits per heavy atom. The van der Waals surface area contributed by atoms with E-state index in [2.05, 4.69) is 0 Å². The van der Waals surface area contributed by atoms with Crippen molar-refractivity contribution in [1.82, 2.24) is 9.21 Å². The van der Waals surface area contributed by atoms with Crippen LogP contribution in [0.2, 0.25) is 0 Å². The number of para-hydroxylation sites is 1. The number of fused-ring (bicyclic) bond motifs is 1. The molecule has 1 unspecified atom stereocenters. The largest absolute Gasteiger partial charge is 0.493 e. The highest BCUT2D eigenvalue weighted by atomic mass is 32.2. The summed E-state index contributed by atoms with van der Waals surface area (Å²) < 4.78 is 37.7. The molecule has 0 N–H and O–H groups in total. The van der Waals surface area contributed by atoms with E-state index in [9.17, 15) is 13.2 Å². The smallest absolute Gasteiger partial charge is 0.229 e. The van der Waals surface area contributed by atoms with Crippen molar-refractivity contribution in [2.24, 2.45) is 5.92 Å². The highest BCUT2D eigenvalue weighted by Gasteiger charge is 2.41.